The van der Waals surface area contributed by atoms with E-state index in [2.05, 4.69) is 0 Å². The van der Waals surface area contributed by atoms with Crippen LogP contribution in [0.2, 0.25) is 0 Å². The highest BCUT2D eigenvalue weighted by Gasteiger charge is 2.17. The fourth-order valence-electron chi connectivity index (χ4n) is 3.09. The van der Waals surface area contributed by atoms with Crippen LogP contribution < -0.4 is 10.2 Å². The predicted molar refractivity (Wildman–Crippen MR) is 110 cm³/mol. The van der Waals surface area contributed by atoms with Gasteiger partial charge in [0.25, 0.3) is 0 Å². The second-order valence-corrected chi connectivity index (χ2v) is 6.70. The van der Waals surface area contributed by atoms with Crippen LogP contribution in [0.1, 0.15) is 18.4 Å². The summed E-state index contributed by atoms with van der Waals surface area (Å²) < 4.78 is 11.9. The van der Waals surface area contributed by atoms with Gasteiger partial charge in [0, 0.05) is 6.07 Å². The first-order valence-electron chi connectivity index (χ1n) is 9.16. The molecule has 4 aromatic rings. The third-order valence-corrected chi connectivity index (χ3v) is 4.75. The lowest BCUT2D eigenvalue weighted by molar-refractivity contribution is -0.138. The van der Waals surface area contributed by atoms with E-state index in [1.165, 1.54) is 6.07 Å². The number of carboxylic acids is 1. The van der Waals surface area contributed by atoms with Crippen molar-refractivity contribution < 1.29 is 19.1 Å². The number of fused-ring (bicyclic) bond motifs is 1. The van der Waals surface area contributed by atoms with Crippen LogP contribution in [0.25, 0.3) is 22.3 Å². The zero-order chi connectivity index (χ0) is 20.4. The molecule has 0 saturated heterocycles. The number of carbonyl (C=O) groups is 1. The number of hydrogen-bond donors (Lipinski definition) is 1. The van der Waals surface area contributed by atoms with Gasteiger partial charge >= 0.3 is 5.97 Å². The maximum Gasteiger partial charge on any atom is 0.310 e. The average Bonchev–Trinajstić information content (AvgIpc) is 2.74. The molecule has 1 N–H and O–H groups in total. The molecule has 1 aromatic heterocycles. The molecule has 0 fully saturated rings. The molecule has 0 spiro atoms. The molecule has 5 heteroatoms. The van der Waals surface area contributed by atoms with E-state index in [-0.39, 0.29) is 5.43 Å². The molecule has 1 unspecified atom stereocenters. The smallest absolute Gasteiger partial charge is 0.310 e. The summed E-state index contributed by atoms with van der Waals surface area (Å²) in [7, 11) is 0. The highest BCUT2D eigenvalue weighted by molar-refractivity contribution is 5.83. The minimum absolute atomic E-state index is 0.241. The van der Waals surface area contributed by atoms with Crippen molar-refractivity contribution >= 4 is 16.9 Å². The van der Waals surface area contributed by atoms with Gasteiger partial charge in [0.1, 0.15) is 22.8 Å². The van der Waals surface area contributed by atoms with Crippen molar-refractivity contribution in [3.63, 3.8) is 0 Å². The predicted octanol–water partition coefficient (Wildman–Crippen LogP) is 5.44. The maximum atomic E-state index is 12.7. The van der Waals surface area contributed by atoms with Crippen molar-refractivity contribution in [1.29, 1.82) is 0 Å². The summed E-state index contributed by atoms with van der Waals surface area (Å²) in [6, 6.07) is 23.0. The average molecular weight is 386 g/mol. The lowest BCUT2D eigenvalue weighted by atomic mass is 9.99. The van der Waals surface area contributed by atoms with Crippen LogP contribution in [0, 0.1) is 0 Å². The van der Waals surface area contributed by atoms with Gasteiger partial charge in [0.15, 0.2) is 5.43 Å². The Morgan fingerprint density at radius 1 is 0.966 bits per heavy atom. The summed E-state index contributed by atoms with van der Waals surface area (Å²) in [5.41, 5.74) is 1.36. The van der Waals surface area contributed by atoms with Crippen LogP contribution >= 0.6 is 0 Å². The van der Waals surface area contributed by atoms with Crippen LogP contribution in [0.5, 0.6) is 11.5 Å². The molecule has 3 aromatic carbocycles. The molecule has 1 atom stereocenters. The first-order chi connectivity index (χ1) is 14.0. The highest BCUT2D eigenvalue weighted by Crippen LogP contribution is 2.34. The second-order valence-electron chi connectivity index (χ2n) is 6.70. The third kappa shape index (κ3) is 3.75. The zero-order valence-electron chi connectivity index (χ0n) is 15.7. The normalized spacial score (nSPS) is 11.9. The van der Waals surface area contributed by atoms with Crippen LogP contribution in [-0.4, -0.2) is 11.1 Å². The minimum Gasteiger partial charge on any atom is -0.481 e. The quantitative estimate of drug-likeness (QED) is 0.494. The molecule has 0 aliphatic heterocycles. The van der Waals surface area contributed by atoms with Crippen molar-refractivity contribution in [3.8, 4) is 22.8 Å². The molecular weight excluding hydrogens is 368 g/mol. The number of aliphatic carboxylic acids is 1. The van der Waals surface area contributed by atoms with Crippen LogP contribution in [0.15, 0.2) is 88.1 Å². The maximum absolute atomic E-state index is 12.7. The Morgan fingerprint density at radius 2 is 1.69 bits per heavy atom. The van der Waals surface area contributed by atoms with Crippen molar-refractivity contribution in [2.45, 2.75) is 12.8 Å². The van der Waals surface area contributed by atoms with E-state index in [0.717, 1.165) is 0 Å². The highest BCUT2D eigenvalue weighted by atomic mass is 16.5. The van der Waals surface area contributed by atoms with Gasteiger partial charge in [-0.3, -0.25) is 9.59 Å². The van der Waals surface area contributed by atoms with Gasteiger partial charge in [-0.05, 0) is 48.9 Å². The molecule has 0 saturated carbocycles. The molecule has 0 aliphatic carbocycles. The Labute approximate surface area is 166 Å². The Hall–Kier alpha value is -3.86. The van der Waals surface area contributed by atoms with Crippen molar-refractivity contribution in [1.82, 2.24) is 0 Å². The summed E-state index contributed by atoms with van der Waals surface area (Å²) >= 11 is 0. The summed E-state index contributed by atoms with van der Waals surface area (Å²) in [6.07, 6.45) is 0. The van der Waals surface area contributed by atoms with Gasteiger partial charge in [-0.25, -0.2) is 0 Å². The number of carboxylic acid groups (broad SMARTS) is 1. The van der Waals surface area contributed by atoms with Gasteiger partial charge in [-0.2, -0.15) is 0 Å². The largest absolute Gasteiger partial charge is 0.481 e. The number of ether oxygens (including phenoxy) is 1. The van der Waals surface area contributed by atoms with E-state index in [9.17, 15) is 14.7 Å². The fraction of sp³-hybridized carbons (Fsp3) is 0.0833. The second kappa shape index (κ2) is 7.64. The van der Waals surface area contributed by atoms with Crippen molar-refractivity contribution in [3.05, 3.63) is 94.6 Å². The minimum atomic E-state index is -0.947. The number of rotatable bonds is 5. The monoisotopic (exact) mass is 386 g/mol. The molecule has 0 aliphatic rings. The number of benzene rings is 3. The summed E-state index contributed by atoms with van der Waals surface area (Å²) in [4.78, 5) is 24.0. The Balaban J connectivity index is 1.79. The van der Waals surface area contributed by atoms with Crippen LogP contribution in [-0.2, 0) is 4.79 Å². The van der Waals surface area contributed by atoms with Crippen molar-refractivity contribution in [2.75, 3.05) is 0 Å². The molecule has 144 valence electrons. The molecule has 1 heterocycles. The standard InChI is InChI=1S/C24H18O5/c1-15(24(26)27)16-11-12-22-19(13-16)20(25)14-23(29-22)18-9-5-6-10-21(18)28-17-7-3-2-4-8-17/h2-15H,1H3,(H,26,27). The van der Waals surface area contributed by atoms with E-state index < -0.39 is 11.9 Å². The van der Waals surface area contributed by atoms with E-state index >= 15 is 0 Å². The third-order valence-electron chi connectivity index (χ3n) is 4.75. The lowest BCUT2D eigenvalue weighted by Crippen LogP contribution is -2.08. The zero-order valence-corrected chi connectivity index (χ0v) is 15.7. The van der Waals surface area contributed by atoms with E-state index in [1.807, 2.05) is 54.6 Å². The topological polar surface area (TPSA) is 76.7 Å². The first kappa shape index (κ1) is 18.5. The van der Waals surface area contributed by atoms with Gasteiger partial charge in [-0.1, -0.05) is 36.4 Å². The molecular formula is C24H18O5. The Bertz CT molecular complexity index is 1240. The van der Waals surface area contributed by atoms with E-state index in [0.29, 0.717) is 39.4 Å². The molecule has 0 amide bonds. The molecule has 0 radical (unpaired) electrons. The Kier molecular flexibility index (Phi) is 4.87. The number of hydrogen-bond acceptors (Lipinski definition) is 4. The van der Waals surface area contributed by atoms with Crippen LogP contribution in [0.4, 0.5) is 0 Å². The van der Waals surface area contributed by atoms with Crippen LogP contribution in [0.3, 0.4) is 0 Å². The first-order valence-corrected chi connectivity index (χ1v) is 9.16. The summed E-state index contributed by atoms with van der Waals surface area (Å²) in [5, 5.41) is 9.55. The Morgan fingerprint density at radius 3 is 2.45 bits per heavy atom. The van der Waals surface area contributed by atoms with Gasteiger partial charge in [0.05, 0.1) is 16.9 Å². The van der Waals surface area contributed by atoms with Gasteiger partial charge < -0.3 is 14.3 Å². The van der Waals surface area contributed by atoms with E-state index in [1.54, 1.807) is 25.1 Å². The summed E-state index contributed by atoms with van der Waals surface area (Å²) in [6.45, 7) is 1.58. The molecule has 29 heavy (non-hydrogen) atoms. The van der Waals surface area contributed by atoms with Gasteiger partial charge in [0.2, 0.25) is 0 Å². The molecule has 5 nitrogen and oxygen atoms in total. The molecule has 4 rings (SSSR count). The van der Waals surface area contributed by atoms with Gasteiger partial charge in [-0.15, -0.1) is 0 Å². The number of para-hydroxylation sites is 2. The van der Waals surface area contributed by atoms with Crippen molar-refractivity contribution in [2.24, 2.45) is 0 Å². The fourth-order valence-corrected chi connectivity index (χ4v) is 3.09. The SMILES string of the molecule is CC(C(=O)O)c1ccc2oc(-c3ccccc3Oc3ccccc3)cc(=O)c2c1. The summed E-state index contributed by atoms with van der Waals surface area (Å²) in [5.74, 6) is -0.0309. The lowest BCUT2D eigenvalue weighted by Gasteiger charge is -2.12. The molecule has 0 bridgehead atoms. The van der Waals surface area contributed by atoms with E-state index in [4.69, 9.17) is 9.15 Å².